The summed E-state index contributed by atoms with van der Waals surface area (Å²) >= 11 is 3.30. The number of halogens is 1. The van der Waals surface area contributed by atoms with Gasteiger partial charge in [-0.05, 0) is 32.4 Å². The molecule has 0 fully saturated rings. The van der Waals surface area contributed by atoms with E-state index in [4.69, 9.17) is 0 Å². The van der Waals surface area contributed by atoms with Crippen molar-refractivity contribution in [3.8, 4) is 0 Å². The molecule has 0 aliphatic heterocycles. The Bertz CT molecular complexity index is 471. The van der Waals surface area contributed by atoms with E-state index >= 15 is 0 Å². The van der Waals surface area contributed by atoms with Crippen LogP contribution >= 0.6 is 15.9 Å². The molecule has 0 aliphatic carbocycles. The number of alkyl halides is 1. The third-order valence-electron chi connectivity index (χ3n) is 2.56. The molecule has 0 aromatic heterocycles. The summed E-state index contributed by atoms with van der Waals surface area (Å²) in [5.74, 6) is 0. The molecule has 17 heavy (non-hydrogen) atoms. The van der Waals surface area contributed by atoms with E-state index < -0.39 is 10.0 Å². The van der Waals surface area contributed by atoms with Gasteiger partial charge in [-0.1, -0.05) is 34.1 Å². The molecule has 1 aromatic carbocycles. The molecule has 0 heterocycles. The fourth-order valence-corrected chi connectivity index (χ4v) is 4.19. The molecule has 0 spiro atoms. The summed E-state index contributed by atoms with van der Waals surface area (Å²) in [6.45, 7) is 6.07. The minimum absolute atomic E-state index is 0.0443. The van der Waals surface area contributed by atoms with E-state index in [9.17, 15) is 8.42 Å². The summed E-state index contributed by atoms with van der Waals surface area (Å²) in [6.07, 6.45) is 0. The van der Waals surface area contributed by atoms with Crippen LogP contribution in [0.2, 0.25) is 0 Å². The second-order valence-corrected chi connectivity index (χ2v) is 6.82. The van der Waals surface area contributed by atoms with E-state index in [-0.39, 0.29) is 6.04 Å². The zero-order chi connectivity index (χ0) is 13.1. The monoisotopic (exact) mass is 319 g/mol. The Morgan fingerprint density at radius 2 is 1.88 bits per heavy atom. The SMILES string of the molecule is Cc1ccccc1S(=O)(=O)N(CCBr)C(C)C. The van der Waals surface area contributed by atoms with Gasteiger partial charge < -0.3 is 0 Å². The van der Waals surface area contributed by atoms with Crippen LogP contribution in [0.3, 0.4) is 0 Å². The predicted molar refractivity (Wildman–Crippen MR) is 74.0 cm³/mol. The van der Waals surface area contributed by atoms with Crippen LogP contribution in [0, 0.1) is 6.92 Å². The van der Waals surface area contributed by atoms with Crippen LogP contribution in [0.1, 0.15) is 19.4 Å². The van der Waals surface area contributed by atoms with Gasteiger partial charge in [-0.3, -0.25) is 0 Å². The molecular formula is C12H18BrNO2S. The molecule has 0 aliphatic rings. The maximum absolute atomic E-state index is 12.5. The van der Waals surface area contributed by atoms with Gasteiger partial charge in [-0.25, -0.2) is 8.42 Å². The molecule has 1 aromatic rings. The molecule has 0 saturated heterocycles. The van der Waals surface area contributed by atoms with E-state index in [1.165, 1.54) is 4.31 Å². The van der Waals surface area contributed by atoms with Crippen molar-refractivity contribution in [3.05, 3.63) is 29.8 Å². The molecule has 0 saturated carbocycles. The summed E-state index contributed by atoms with van der Waals surface area (Å²) < 4.78 is 26.5. The van der Waals surface area contributed by atoms with Crippen molar-refractivity contribution < 1.29 is 8.42 Å². The van der Waals surface area contributed by atoms with Crippen LogP contribution in [-0.4, -0.2) is 30.6 Å². The summed E-state index contributed by atoms with van der Waals surface area (Å²) in [6, 6.07) is 7.04. The Morgan fingerprint density at radius 3 is 2.35 bits per heavy atom. The smallest absolute Gasteiger partial charge is 0.207 e. The third-order valence-corrected chi connectivity index (χ3v) is 5.15. The Hall–Kier alpha value is -0.390. The standard InChI is InChI=1S/C12H18BrNO2S/c1-10(2)14(9-8-13)17(15,16)12-7-5-4-6-11(12)3/h4-7,10H,8-9H2,1-3H3. The fourth-order valence-electron chi connectivity index (χ4n) is 1.71. The number of benzene rings is 1. The molecular weight excluding hydrogens is 302 g/mol. The van der Waals surface area contributed by atoms with Crippen LogP contribution in [0.25, 0.3) is 0 Å². The molecule has 0 amide bonds. The lowest BCUT2D eigenvalue weighted by Gasteiger charge is -2.25. The number of aryl methyl sites for hydroxylation is 1. The zero-order valence-electron chi connectivity index (χ0n) is 10.4. The molecule has 0 unspecified atom stereocenters. The van der Waals surface area contributed by atoms with Gasteiger partial charge in [0.15, 0.2) is 0 Å². The van der Waals surface area contributed by atoms with Gasteiger partial charge in [0.05, 0.1) is 4.90 Å². The van der Waals surface area contributed by atoms with Crippen molar-refractivity contribution >= 4 is 26.0 Å². The van der Waals surface area contributed by atoms with Crippen molar-refractivity contribution in [2.75, 3.05) is 11.9 Å². The highest BCUT2D eigenvalue weighted by molar-refractivity contribution is 9.09. The van der Waals surface area contributed by atoms with Gasteiger partial charge in [-0.15, -0.1) is 0 Å². The lowest BCUT2D eigenvalue weighted by atomic mass is 10.2. The lowest BCUT2D eigenvalue weighted by molar-refractivity contribution is 0.372. The first-order valence-electron chi connectivity index (χ1n) is 5.54. The predicted octanol–water partition coefficient (Wildman–Crippen LogP) is 2.79. The summed E-state index contributed by atoms with van der Waals surface area (Å²) in [4.78, 5) is 0.398. The normalized spacial score (nSPS) is 12.4. The van der Waals surface area contributed by atoms with Gasteiger partial charge in [0.1, 0.15) is 0 Å². The highest BCUT2D eigenvalue weighted by Gasteiger charge is 2.27. The van der Waals surface area contributed by atoms with Crippen molar-refractivity contribution in [2.45, 2.75) is 31.7 Å². The first-order valence-corrected chi connectivity index (χ1v) is 8.11. The second kappa shape index (κ2) is 5.98. The minimum Gasteiger partial charge on any atom is -0.207 e. The molecule has 1 rings (SSSR count). The number of rotatable bonds is 5. The van der Waals surface area contributed by atoms with Gasteiger partial charge in [0, 0.05) is 17.9 Å². The van der Waals surface area contributed by atoms with Crippen molar-refractivity contribution in [2.24, 2.45) is 0 Å². The zero-order valence-corrected chi connectivity index (χ0v) is 12.8. The molecule has 0 N–H and O–H groups in total. The number of nitrogens with zero attached hydrogens (tertiary/aromatic N) is 1. The number of sulfonamides is 1. The summed E-state index contributed by atoms with van der Waals surface area (Å²) in [5.41, 5.74) is 0.785. The van der Waals surface area contributed by atoms with E-state index in [0.717, 1.165) is 5.56 Å². The highest BCUT2D eigenvalue weighted by Crippen LogP contribution is 2.21. The molecule has 0 bridgehead atoms. The Kier molecular flexibility index (Phi) is 5.16. The summed E-state index contributed by atoms with van der Waals surface area (Å²) in [7, 11) is -3.39. The maximum Gasteiger partial charge on any atom is 0.243 e. The van der Waals surface area contributed by atoms with Crippen molar-refractivity contribution in [1.82, 2.24) is 4.31 Å². The van der Waals surface area contributed by atoms with Gasteiger partial charge in [-0.2, -0.15) is 4.31 Å². The van der Waals surface area contributed by atoms with Crippen molar-refractivity contribution in [3.63, 3.8) is 0 Å². The van der Waals surface area contributed by atoms with Crippen LogP contribution in [0.5, 0.6) is 0 Å². The average molecular weight is 320 g/mol. The first-order chi connectivity index (χ1) is 7.91. The molecule has 96 valence electrons. The van der Waals surface area contributed by atoms with E-state index in [2.05, 4.69) is 15.9 Å². The van der Waals surface area contributed by atoms with Crippen LogP contribution in [0.15, 0.2) is 29.2 Å². The topological polar surface area (TPSA) is 37.4 Å². The van der Waals surface area contributed by atoms with E-state index in [0.29, 0.717) is 16.8 Å². The Labute approximate surface area is 112 Å². The molecule has 3 nitrogen and oxygen atoms in total. The van der Waals surface area contributed by atoms with E-state index in [1.54, 1.807) is 12.1 Å². The second-order valence-electron chi connectivity index (χ2n) is 4.16. The Morgan fingerprint density at radius 1 is 1.29 bits per heavy atom. The van der Waals surface area contributed by atoms with E-state index in [1.807, 2.05) is 32.9 Å². The lowest BCUT2D eigenvalue weighted by Crippen LogP contribution is -2.38. The quantitative estimate of drug-likeness (QED) is 0.783. The average Bonchev–Trinajstić information content (AvgIpc) is 2.25. The Balaban J connectivity index is 3.22. The number of hydrogen-bond acceptors (Lipinski definition) is 2. The molecule has 0 atom stereocenters. The molecule has 0 radical (unpaired) electrons. The largest absolute Gasteiger partial charge is 0.243 e. The minimum atomic E-state index is -3.39. The number of hydrogen-bond donors (Lipinski definition) is 0. The highest BCUT2D eigenvalue weighted by atomic mass is 79.9. The summed E-state index contributed by atoms with van der Waals surface area (Å²) in [5, 5.41) is 0.635. The first kappa shape index (κ1) is 14.7. The fraction of sp³-hybridized carbons (Fsp3) is 0.500. The van der Waals surface area contributed by atoms with Gasteiger partial charge >= 0.3 is 0 Å². The van der Waals surface area contributed by atoms with Gasteiger partial charge in [0.2, 0.25) is 10.0 Å². The van der Waals surface area contributed by atoms with Crippen LogP contribution in [-0.2, 0) is 10.0 Å². The molecule has 5 heteroatoms. The third kappa shape index (κ3) is 3.30. The van der Waals surface area contributed by atoms with Crippen LogP contribution in [0.4, 0.5) is 0 Å². The van der Waals surface area contributed by atoms with Crippen molar-refractivity contribution in [1.29, 1.82) is 0 Å². The van der Waals surface area contributed by atoms with Crippen LogP contribution < -0.4 is 0 Å². The van der Waals surface area contributed by atoms with Gasteiger partial charge in [0.25, 0.3) is 0 Å². The maximum atomic E-state index is 12.5.